The minimum absolute atomic E-state index is 0.489. The molecule has 0 spiro atoms. The number of aromatic nitrogens is 2. The molecular weight excluding hydrogens is 198 g/mol. The van der Waals surface area contributed by atoms with Crippen LogP contribution in [0.2, 0.25) is 5.15 Å². The van der Waals surface area contributed by atoms with E-state index >= 15 is 0 Å². The molecule has 0 aromatic carbocycles. The molecule has 3 nitrogen and oxygen atoms in total. The van der Waals surface area contributed by atoms with E-state index in [2.05, 4.69) is 21.8 Å². The zero-order valence-corrected chi connectivity index (χ0v) is 9.20. The molecule has 2 atom stereocenters. The number of hydrogen-bond acceptors (Lipinski definition) is 3. The molecule has 2 rings (SSSR count). The predicted octanol–water partition coefficient (Wildman–Crippen LogP) is 2.22. The lowest BCUT2D eigenvalue weighted by atomic mass is 10.3. The van der Waals surface area contributed by atoms with E-state index in [9.17, 15) is 0 Å². The molecule has 2 unspecified atom stereocenters. The van der Waals surface area contributed by atoms with Crippen LogP contribution in [0.5, 0.6) is 0 Å². The Labute approximate surface area is 89.1 Å². The quantitative estimate of drug-likeness (QED) is 0.768. The minimum atomic E-state index is 0.489. The van der Waals surface area contributed by atoms with Gasteiger partial charge >= 0.3 is 0 Å². The van der Waals surface area contributed by atoms with Gasteiger partial charge in [-0.3, -0.25) is 0 Å². The fourth-order valence-electron chi connectivity index (χ4n) is 1.66. The Morgan fingerprint density at radius 1 is 1.50 bits per heavy atom. The summed E-state index contributed by atoms with van der Waals surface area (Å²) < 4.78 is 0. The highest BCUT2D eigenvalue weighted by Crippen LogP contribution is 2.38. The van der Waals surface area contributed by atoms with Gasteiger partial charge in [-0.2, -0.15) is 0 Å². The SMILES string of the molecule is CC1CC1CN(C)c1nccnc1Cl. The zero-order chi connectivity index (χ0) is 10.1. The van der Waals surface area contributed by atoms with Crippen molar-refractivity contribution in [3.63, 3.8) is 0 Å². The molecule has 0 saturated heterocycles. The van der Waals surface area contributed by atoms with Crippen LogP contribution in [0.25, 0.3) is 0 Å². The second-order valence-electron chi connectivity index (χ2n) is 4.02. The molecule has 0 N–H and O–H groups in total. The third kappa shape index (κ3) is 1.98. The van der Waals surface area contributed by atoms with Crippen molar-refractivity contribution in [3.05, 3.63) is 17.5 Å². The lowest BCUT2D eigenvalue weighted by Gasteiger charge is -2.18. The van der Waals surface area contributed by atoms with E-state index in [1.807, 2.05) is 7.05 Å². The van der Waals surface area contributed by atoms with Gasteiger partial charge in [0.25, 0.3) is 0 Å². The summed E-state index contributed by atoms with van der Waals surface area (Å²) in [6.07, 6.45) is 4.61. The van der Waals surface area contributed by atoms with E-state index in [1.165, 1.54) is 6.42 Å². The Balaban J connectivity index is 2.03. The van der Waals surface area contributed by atoms with Gasteiger partial charge < -0.3 is 4.90 Å². The molecule has 0 aliphatic heterocycles. The van der Waals surface area contributed by atoms with Crippen LogP contribution in [0.15, 0.2) is 12.4 Å². The molecule has 0 amide bonds. The van der Waals surface area contributed by atoms with Gasteiger partial charge in [-0.25, -0.2) is 9.97 Å². The molecule has 76 valence electrons. The second kappa shape index (κ2) is 3.73. The van der Waals surface area contributed by atoms with Crippen molar-refractivity contribution < 1.29 is 0 Å². The Bertz CT molecular complexity index is 329. The first-order chi connectivity index (χ1) is 6.68. The predicted molar refractivity (Wildman–Crippen MR) is 57.6 cm³/mol. The average Bonchev–Trinajstić information content (AvgIpc) is 2.82. The number of hydrogen-bond donors (Lipinski definition) is 0. The van der Waals surface area contributed by atoms with Crippen molar-refractivity contribution in [2.45, 2.75) is 13.3 Å². The van der Waals surface area contributed by atoms with E-state index in [1.54, 1.807) is 12.4 Å². The summed E-state index contributed by atoms with van der Waals surface area (Å²) in [5.41, 5.74) is 0. The van der Waals surface area contributed by atoms with Crippen LogP contribution in [0.4, 0.5) is 5.82 Å². The zero-order valence-electron chi connectivity index (χ0n) is 8.44. The van der Waals surface area contributed by atoms with Crippen LogP contribution in [0.1, 0.15) is 13.3 Å². The monoisotopic (exact) mass is 211 g/mol. The highest BCUT2D eigenvalue weighted by atomic mass is 35.5. The molecule has 1 aromatic heterocycles. The Morgan fingerprint density at radius 2 is 2.14 bits per heavy atom. The second-order valence-corrected chi connectivity index (χ2v) is 4.38. The highest BCUT2D eigenvalue weighted by Gasteiger charge is 2.33. The first-order valence-electron chi connectivity index (χ1n) is 4.86. The summed E-state index contributed by atoms with van der Waals surface area (Å²) in [7, 11) is 2.01. The van der Waals surface area contributed by atoms with E-state index < -0.39 is 0 Å². The van der Waals surface area contributed by atoms with Crippen molar-refractivity contribution in [1.82, 2.24) is 9.97 Å². The molecule has 1 heterocycles. The maximum absolute atomic E-state index is 5.94. The van der Waals surface area contributed by atoms with Gasteiger partial charge in [0.05, 0.1) is 0 Å². The van der Waals surface area contributed by atoms with Gasteiger partial charge in [0.1, 0.15) is 0 Å². The third-order valence-corrected chi connectivity index (χ3v) is 3.05. The molecule has 1 saturated carbocycles. The molecule has 4 heteroatoms. The molecule has 1 fully saturated rings. The van der Waals surface area contributed by atoms with Crippen LogP contribution < -0.4 is 4.90 Å². The first-order valence-corrected chi connectivity index (χ1v) is 5.24. The highest BCUT2D eigenvalue weighted by molar-refractivity contribution is 6.31. The fourth-order valence-corrected chi connectivity index (χ4v) is 1.91. The molecule has 0 radical (unpaired) electrons. The Morgan fingerprint density at radius 3 is 2.71 bits per heavy atom. The number of anilines is 1. The lowest BCUT2D eigenvalue weighted by Crippen LogP contribution is -2.22. The van der Waals surface area contributed by atoms with Gasteiger partial charge in [-0.1, -0.05) is 18.5 Å². The van der Waals surface area contributed by atoms with E-state index in [4.69, 9.17) is 11.6 Å². The summed E-state index contributed by atoms with van der Waals surface area (Å²) in [6, 6.07) is 0. The van der Waals surface area contributed by atoms with Gasteiger partial charge in [0, 0.05) is 26.0 Å². The summed E-state index contributed by atoms with van der Waals surface area (Å²) >= 11 is 5.94. The molecule has 1 aliphatic carbocycles. The van der Waals surface area contributed by atoms with Crippen molar-refractivity contribution in [2.75, 3.05) is 18.5 Å². The Kier molecular flexibility index (Phi) is 2.59. The third-order valence-electron chi connectivity index (χ3n) is 2.78. The van der Waals surface area contributed by atoms with Crippen molar-refractivity contribution in [1.29, 1.82) is 0 Å². The van der Waals surface area contributed by atoms with Crippen molar-refractivity contribution in [2.24, 2.45) is 11.8 Å². The maximum atomic E-state index is 5.94. The normalized spacial score (nSPS) is 24.8. The lowest BCUT2D eigenvalue weighted by molar-refractivity contribution is 0.718. The molecular formula is C10H14ClN3. The van der Waals surface area contributed by atoms with Gasteiger partial charge in [0.2, 0.25) is 0 Å². The van der Waals surface area contributed by atoms with Crippen LogP contribution in [0, 0.1) is 11.8 Å². The van der Waals surface area contributed by atoms with E-state index in [-0.39, 0.29) is 0 Å². The van der Waals surface area contributed by atoms with Crippen LogP contribution >= 0.6 is 11.6 Å². The Hall–Kier alpha value is -0.830. The van der Waals surface area contributed by atoms with Crippen LogP contribution in [-0.2, 0) is 0 Å². The molecule has 1 aliphatic rings. The smallest absolute Gasteiger partial charge is 0.171 e. The largest absolute Gasteiger partial charge is 0.357 e. The van der Waals surface area contributed by atoms with Crippen LogP contribution in [0.3, 0.4) is 0 Å². The van der Waals surface area contributed by atoms with E-state index in [0.29, 0.717) is 5.15 Å². The molecule has 0 bridgehead atoms. The van der Waals surface area contributed by atoms with E-state index in [0.717, 1.165) is 24.2 Å². The van der Waals surface area contributed by atoms with Gasteiger partial charge in [-0.15, -0.1) is 0 Å². The maximum Gasteiger partial charge on any atom is 0.171 e. The summed E-state index contributed by atoms with van der Waals surface area (Å²) in [6.45, 7) is 3.30. The summed E-state index contributed by atoms with van der Waals surface area (Å²) in [5, 5.41) is 0.489. The number of rotatable bonds is 3. The number of nitrogens with zero attached hydrogens (tertiary/aromatic N) is 3. The van der Waals surface area contributed by atoms with Gasteiger partial charge in [-0.05, 0) is 18.3 Å². The minimum Gasteiger partial charge on any atom is -0.357 e. The average molecular weight is 212 g/mol. The topological polar surface area (TPSA) is 29.0 Å². The first kappa shape index (κ1) is 9.71. The fraction of sp³-hybridized carbons (Fsp3) is 0.600. The summed E-state index contributed by atoms with van der Waals surface area (Å²) in [5.74, 6) is 2.44. The molecule has 14 heavy (non-hydrogen) atoms. The van der Waals surface area contributed by atoms with Crippen molar-refractivity contribution >= 4 is 17.4 Å². The number of halogens is 1. The van der Waals surface area contributed by atoms with Gasteiger partial charge in [0.15, 0.2) is 11.0 Å². The summed E-state index contributed by atoms with van der Waals surface area (Å²) in [4.78, 5) is 10.3. The standard InChI is InChI=1S/C10H14ClN3/c1-7-5-8(7)6-14(2)10-9(11)12-3-4-13-10/h3-4,7-8H,5-6H2,1-2H3. The van der Waals surface area contributed by atoms with Crippen LogP contribution in [-0.4, -0.2) is 23.6 Å². The molecule has 1 aromatic rings. The van der Waals surface area contributed by atoms with Crippen molar-refractivity contribution in [3.8, 4) is 0 Å².